The predicted octanol–water partition coefficient (Wildman–Crippen LogP) is 16.3. The largest absolute Gasteiger partial charge is 0.247 e. The van der Waals surface area contributed by atoms with Gasteiger partial charge in [0.05, 0.1) is 11.2 Å². The van der Waals surface area contributed by atoms with Crippen LogP contribution in [-0.2, 0) is 10.8 Å². The van der Waals surface area contributed by atoms with Crippen LogP contribution in [0.25, 0.3) is 106 Å². The van der Waals surface area contributed by atoms with Gasteiger partial charge in [-0.3, -0.25) is 0 Å². The van der Waals surface area contributed by atoms with Crippen LogP contribution in [0.2, 0.25) is 0 Å². The molecule has 0 saturated carbocycles. The van der Waals surface area contributed by atoms with E-state index in [1.54, 1.807) is 0 Å². The molecule has 0 unspecified atom stereocenters. The third kappa shape index (κ3) is 6.28. The first-order valence-corrected chi connectivity index (χ1v) is 23.9. The Hall–Kier alpha value is -8.08. The molecule has 0 bridgehead atoms. The molecule has 2 heterocycles. The molecule has 0 saturated heterocycles. The van der Waals surface area contributed by atoms with Crippen molar-refractivity contribution < 1.29 is 0 Å². The molecular weight excluding hydrogens is 825 g/mol. The molecule has 2 aromatic heterocycles. The Kier molecular flexibility index (Phi) is 9.01. The van der Waals surface area contributed by atoms with Crippen molar-refractivity contribution in [1.82, 2.24) is 19.9 Å². The first-order chi connectivity index (χ1) is 33.2. The monoisotopic (exact) mass is 872 g/mol. The van der Waals surface area contributed by atoms with Crippen molar-refractivity contribution in [3.63, 3.8) is 0 Å². The zero-order valence-corrected chi connectivity index (χ0v) is 38.7. The van der Waals surface area contributed by atoms with Gasteiger partial charge < -0.3 is 0 Å². The van der Waals surface area contributed by atoms with Crippen molar-refractivity contribution in [3.8, 4) is 78.8 Å². The van der Waals surface area contributed by atoms with E-state index in [2.05, 4.69) is 161 Å². The lowest BCUT2D eigenvalue weighted by Gasteiger charge is -2.24. The van der Waals surface area contributed by atoms with Crippen molar-refractivity contribution in [3.05, 3.63) is 222 Å². The van der Waals surface area contributed by atoms with Gasteiger partial charge in [0, 0.05) is 43.9 Å². The lowest BCUT2D eigenvalue weighted by molar-refractivity contribution is 0.651. The average Bonchev–Trinajstić information content (AvgIpc) is 3.77. The Labute approximate surface area is 397 Å². The Morgan fingerprint density at radius 1 is 0.368 bits per heavy atom. The second-order valence-electron chi connectivity index (χ2n) is 19.7. The number of fused-ring (bicyclic) bond motifs is 8. The predicted molar refractivity (Wildman–Crippen MR) is 281 cm³/mol. The van der Waals surface area contributed by atoms with Crippen LogP contribution in [0.3, 0.4) is 0 Å². The topological polar surface area (TPSA) is 51.6 Å². The van der Waals surface area contributed by atoms with Crippen molar-refractivity contribution in [2.75, 3.05) is 0 Å². The summed E-state index contributed by atoms with van der Waals surface area (Å²) in [5, 5.41) is 3.47. The van der Waals surface area contributed by atoms with Crippen LogP contribution in [0.4, 0.5) is 0 Å². The molecule has 4 heteroatoms. The molecule has 0 aliphatic heterocycles. The summed E-state index contributed by atoms with van der Waals surface area (Å²) in [5.41, 5.74) is 21.5. The number of aromatic nitrogens is 4. The average molecular weight is 873 g/mol. The van der Waals surface area contributed by atoms with Gasteiger partial charge >= 0.3 is 0 Å². The lowest BCUT2D eigenvalue weighted by Crippen LogP contribution is -2.16. The molecule has 3 aliphatic carbocycles. The summed E-state index contributed by atoms with van der Waals surface area (Å²) in [6.45, 7) is 9.51. The van der Waals surface area contributed by atoms with Gasteiger partial charge in [-0.25, -0.2) is 19.9 Å². The first-order valence-electron chi connectivity index (χ1n) is 23.9. The normalized spacial score (nSPS) is 15.1. The second-order valence-corrected chi connectivity index (χ2v) is 19.7. The number of pyridine rings is 1. The molecule has 0 atom stereocenters. The summed E-state index contributed by atoms with van der Waals surface area (Å²) in [6.07, 6.45) is 6.89. The quantitative estimate of drug-likeness (QED) is 0.156. The molecule has 324 valence electrons. The number of hydrogen-bond acceptors (Lipinski definition) is 4. The van der Waals surface area contributed by atoms with Crippen LogP contribution in [0.1, 0.15) is 62.8 Å². The summed E-state index contributed by atoms with van der Waals surface area (Å²) in [6, 6.07) is 65.6. The van der Waals surface area contributed by atoms with E-state index in [1.807, 2.05) is 60.7 Å². The zero-order valence-electron chi connectivity index (χ0n) is 38.7. The summed E-state index contributed by atoms with van der Waals surface area (Å²) in [7, 11) is 0. The van der Waals surface area contributed by atoms with Gasteiger partial charge in [-0.05, 0) is 109 Å². The van der Waals surface area contributed by atoms with Gasteiger partial charge in [-0.15, -0.1) is 0 Å². The van der Waals surface area contributed by atoms with Crippen molar-refractivity contribution in [2.24, 2.45) is 0 Å². The highest BCUT2D eigenvalue weighted by atomic mass is 15.0. The number of rotatable bonds is 6. The Morgan fingerprint density at radius 3 is 1.56 bits per heavy atom. The van der Waals surface area contributed by atoms with Gasteiger partial charge in [-0.1, -0.05) is 198 Å². The molecule has 68 heavy (non-hydrogen) atoms. The zero-order chi connectivity index (χ0) is 45.7. The van der Waals surface area contributed by atoms with Crippen LogP contribution in [-0.4, -0.2) is 19.9 Å². The Balaban J connectivity index is 0.992. The van der Waals surface area contributed by atoms with E-state index < -0.39 is 0 Å². The molecule has 0 fully saturated rings. The smallest absolute Gasteiger partial charge is 0.164 e. The van der Waals surface area contributed by atoms with Gasteiger partial charge in [0.2, 0.25) is 0 Å². The van der Waals surface area contributed by atoms with Crippen LogP contribution < -0.4 is 0 Å². The highest BCUT2D eigenvalue weighted by molar-refractivity contribution is 6.16. The molecule has 0 spiro atoms. The molecule has 10 aromatic rings. The Morgan fingerprint density at radius 2 is 0.882 bits per heavy atom. The van der Waals surface area contributed by atoms with Gasteiger partial charge in [0.25, 0.3) is 0 Å². The van der Waals surface area contributed by atoms with Crippen LogP contribution in [0.15, 0.2) is 200 Å². The number of benzene rings is 8. The second kappa shape index (κ2) is 15.2. The summed E-state index contributed by atoms with van der Waals surface area (Å²) in [4.78, 5) is 20.6. The number of hydrogen-bond donors (Lipinski definition) is 0. The molecule has 0 amide bonds. The third-order valence-corrected chi connectivity index (χ3v) is 15.0. The molecule has 8 aromatic carbocycles. The van der Waals surface area contributed by atoms with Crippen molar-refractivity contribution >= 4 is 27.2 Å². The van der Waals surface area contributed by atoms with E-state index in [4.69, 9.17) is 19.9 Å². The molecule has 0 N–H and O–H groups in total. The van der Waals surface area contributed by atoms with E-state index in [0.717, 1.165) is 57.1 Å². The maximum atomic E-state index is 5.61. The first kappa shape index (κ1) is 40.2. The maximum Gasteiger partial charge on any atom is 0.164 e. The summed E-state index contributed by atoms with van der Waals surface area (Å²) < 4.78 is 0. The Bertz CT molecular complexity index is 3710. The molecule has 13 rings (SSSR count). The fourth-order valence-electron chi connectivity index (χ4n) is 11.4. The molecule has 0 radical (unpaired) electrons. The minimum Gasteiger partial charge on any atom is -0.247 e. The van der Waals surface area contributed by atoms with E-state index in [-0.39, 0.29) is 10.8 Å². The summed E-state index contributed by atoms with van der Waals surface area (Å²) >= 11 is 0. The summed E-state index contributed by atoms with van der Waals surface area (Å²) in [5.74, 6) is 1.91. The fraction of sp³-hybridized carbons (Fsp3) is 0.125. The van der Waals surface area contributed by atoms with E-state index >= 15 is 0 Å². The fourth-order valence-corrected chi connectivity index (χ4v) is 11.4. The number of allylic oxidation sites excluding steroid dienone is 4. The number of nitrogens with zero attached hydrogens (tertiary/aromatic N) is 4. The van der Waals surface area contributed by atoms with E-state index in [9.17, 15) is 0 Å². The standard InChI is InChI=1S/C64H48N4/c1-63(2)54-25-15-13-22-46(54)48-33-31-43(35-56(48)63)51-37-53-52(44-32-34-49-47-23-14-16-26-55(47)64(3,4)57(49)36-44)38-58(65-59(53)50-24-12-11-21-45(50)51)39-27-29-42(30-28-39)62-67-60(40-17-7-5-8-18-40)66-61(68-62)41-19-9-6-10-20-41/h5-13,15-22,24-38H,14,23H2,1-4H3. The lowest BCUT2D eigenvalue weighted by atomic mass is 9.79. The maximum absolute atomic E-state index is 5.61. The van der Waals surface area contributed by atoms with Crippen LogP contribution in [0, 0.1) is 0 Å². The van der Waals surface area contributed by atoms with Crippen LogP contribution >= 0.6 is 0 Å². The molecule has 3 aliphatic rings. The molecule has 4 nitrogen and oxygen atoms in total. The van der Waals surface area contributed by atoms with Gasteiger partial charge in [0.1, 0.15) is 0 Å². The third-order valence-electron chi connectivity index (χ3n) is 15.0. The van der Waals surface area contributed by atoms with Crippen molar-refractivity contribution in [1.29, 1.82) is 0 Å². The van der Waals surface area contributed by atoms with Gasteiger partial charge in [-0.2, -0.15) is 0 Å². The highest BCUT2D eigenvalue weighted by Gasteiger charge is 2.38. The van der Waals surface area contributed by atoms with Gasteiger partial charge in [0.15, 0.2) is 17.5 Å². The van der Waals surface area contributed by atoms with E-state index in [1.165, 1.54) is 72.2 Å². The SMILES string of the molecule is CC1(C)C2=C(CCC=C2)c2ccc(-c3cc(-c4ccc(-c5nc(-c6ccccc6)nc(-c6ccccc6)n5)cc4)nc4c3cc(-c3ccc5c(c3)C(C)(C)c3ccccc3-5)c3ccccc34)cc21. The minimum absolute atomic E-state index is 0.0957. The van der Waals surface area contributed by atoms with Crippen LogP contribution in [0.5, 0.6) is 0 Å². The highest BCUT2D eigenvalue weighted by Crippen LogP contribution is 2.53. The van der Waals surface area contributed by atoms with Crippen molar-refractivity contribution in [2.45, 2.75) is 51.4 Å². The molecular formula is C64H48N4. The van der Waals surface area contributed by atoms with E-state index in [0.29, 0.717) is 17.5 Å². The minimum atomic E-state index is -0.108.